The van der Waals surface area contributed by atoms with Crippen LogP contribution < -0.4 is 0 Å². The summed E-state index contributed by atoms with van der Waals surface area (Å²) < 4.78 is 91.2. The fourth-order valence-electron chi connectivity index (χ4n) is 6.07. The Balaban J connectivity index is 1.18. The summed E-state index contributed by atoms with van der Waals surface area (Å²) >= 11 is 0. The zero-order chi connectivity index (χ0) is 32.0. The maximum absolute atomic E-state index is 15.1. The van der Waals surface area contributed by atoms with Gasteiger partial charge in [-0.05, 0) is 96.5 Å². The molecule has 4 aromatic rings. The van der Waals surface area contributed by atoms with E-state index in [1.807, 2.05) is 24.3 Å². The number of ether oxygens (including phenoxy) is 1. The van der Waals surface area contributed by atoms with Crippen molar-refractivity contribution in [3.63, 3.8) is 0 Å². The second-order valence-electron chi connectivity index (χ2n) is 11.7. The number of alkyl halides is 2. The first-order valence-corrected chi connectivity index (χ1v) is 15.5. The lowest BCUT2D eigenvalue weighted by Gasteiger charge is -2.31. The quantitative estimate of drug-likeness (QED) is 0.119. The number of hydrogen-bond acceptors (Lipinski definition) is 1. The summed E-state index contributed by atoms with van der Waals surface area (Å²) in [5, 5.41) is 0. The molecule has 4 aromatic carbocycles. The molecule has 0 unspecified atom stereocenters. The average Bonchev–Trinajstić information content (AvgIpc) is 3.03. The molecule has 1 saturated carbocycles. The minimum absolute atomic E-state index is 0.00784. The number of halogens is 6. The van der Waals surface area contributed by atoms with Gasteiger partial charge in [0.1, 0.15) is 17.5 Å². The molecule has 0 spiro atoms. The Labute approximate surface area is 260 Å². The van der Waals surface area contributed by atoms with Gasteiger partial charge in [-0.2, -0.15) is 8.78 Å². The van der Waals surface area contributed by atoms with Crippen molar-refractivity contribution in [1.29, 1.82) is 0 Å². The van der Waals surface area contributed by atoms with Gasteiger partial charge in [0.2, 0.25) is 0 Å². The van der Waals surface area contributed by atoms with Crippen LogP contribution in [0.1, 0.15) is 80.0 Å². The van der Waals surface area contributed by atoms with Crippen molar-refractivity contribution in [3.8, 4) is 22.3 Å². The lowest BCUT2D eigenvalue weighted by molar-refractivity contribution is -0.277. The third-order valence-electron chi connectivity index (χ3n) is 8.65. The molecule has 0 saturated heterocycles. The van der Waals surface area contributed by atoms with Crippen LogP contribution in [0.15, 0.2) is 85.2 Å². The minimum atomic E-state index is -3.34. The molecule has 0 aromatic heterocycles. The number of hydrogen-bond donors (Lipinski definition) is 0. The number of aryl methyl sites for hydroxylation is 1. The SMILES string of the molecule is CCCCCc1ccc(C(F)(F)OC2CCC(c3ccc(-c4ccc(-c5cc(F)c(/C=C/F)c(F)c5)c(F)c4)cc3)CC2)cc1. The number of rotatable bonds is 11. The Bertz CT molecular complexity index is 1580. The molecular weight excluding hydrogens is 586 g/mol. The Morgan fingerprint density at radius 2 is 1.36 bits per heavy atom. The first-order valence-electron chi connectivity index (χ1n) is 15.5. The van der Waals surface area contributed by atoms with Gasteiger partial charge in [-0.25, -0.2) is 17.6 Å². The van der Waals surface area contributed by atoms with Crippen molar-refractivity contribution < 1.29 is 31.1 Å². The lowest BCUT2D eigenvalue weighted by atomic mass is 9.82. The van der Waals surface area contributed by atoms with Crippen LogP contribution in [0.25, 0.3) is 28.3 Å². The zero-order valence-electron chi connectivity index (χ0n) is 25.1. The highest BCUT2D eigenvalue weighted by Crippen LogP contribution is 2.40. The Hall–Kier alpha value is -3.84. The van der Waals surface area contributed by atoms with E-state index < -0.39 is 35.2 Å². The molecule has 0 bridgehead atoms. The molecule has 1 nitrogen and oxygen atoms in total. The van der Waals surface area contributed by atoms with Gasteiger partial charge in [0.25, 0.3) is 0 Å². The predicted octanol–water partition coefficient (Wildman–Crippen LogP) is 11.9. The van der Waals surface area contributed by atoms with Gasteiger partial charge < -0.3 is 4.74 Å². The lowest BCUT2D eigenvalue weighted by Crippen LogP contribution is -2.29. The van der Waals surface area contributed by atoms with Gasteiger partial charge in [-0.1, -0.05) is 80.4 Å². The van der Waals surface area contributed by atoms with Crippen molar-refractivity contribution in [2.45, 2.75) is 76.4 Å². The van der Waals surface area contributed by atoms with Crippen molar-refractivity contribution in [1.82, 2.24) is 0 Å². The van der Waals surface area contributed by atoms with Crippen molar-refractivity contribution in [3.05, 3.63) is 125 Å². The molecule has 236 valence electrons. The normalized spacial score (nSPS) is 17.2. The van der Waals surface area contributed by atoms with E-state index in [1.54, 1.807) is 18.2 Å². The number of benzene rings is 4. The third-order valence-corrected chi connectivity index (χ3v) is 8.65. The van der Waals surface area contributed by atoms with Crippen LogP contribution in [0.4, 0.5) is 26.3 Å². The van der Waals surface area contributed by atoms with Crippen LogP contribution in [0, 0.1) is 17.5 Å². The van der Waals surface area contributed by atoms with Crippen LogP contribution >= 0.6 is 0 Å². The van der Waals surface area contributed by atoms with Gasteiger partial charge in [0, 0.05) is 11.1 Å². The first-order chi connectivity index (χ1) is 21.7. The molecule has 1 aliphatic carbocycles. The molecule has 1 fully saturated rings. The van der Waals surface area contributed by atoms with E-state index in [-0.39, 0.29) is 28.9 Å². The van der Waals surface area contributed by atoms with Crippen molar-refractivity contribution in [2.24, 2.45) is 0 Å². The Kier molecular flexibility index (Phi) is 10.5. The van der Waals surface area contributed by atoms with Gasteiger partial charge in [-0.15, -0.1) is 0 Å². The van der Waals surface area contributed by atoms with Gasteiger partial charge in [-0.3, -0.25) is 0 Å². The molecule has 5 rings (SSSR count). The molecule has 0 heterocycles. The van der Waals surface area contributed by atoms with E-state index in [2.05, 4.69) is 6.92 Å². The molecule has 7 heteroatoms. The first kappa shape index (κ1) is 32.6. The van der Waals surface area contributed by atoms with Crippen LogP contribution in [0.5, 0.6) is 0 Å². The predicted molar refractivity (Wildman–Crippen MR) is 167 cm³/mol. The second-order valence-corrected chi connectivity index (χ2v) is 11.7. The molecule has 0 N–H and O–H groups in total. The third kappa shape index (κ3) is 7.88. The van der Waals surface area contributed by atoms with E-state index in [0.717, 1.165) is 54.5 Å². The molecule has 0 atom stereocenters. The summed E-state index contributed by atoms with van der Waals surface area (Å²) in [5.74, 6) is -2.43. The maximum Gasteiger partial charge on any atom is 0.383 e. The highest BCUT2D eigenvalue weighted by molar-refractivity contribution is 5.72. The highest BCUT2D eigenvalue weighted by Gasteiger charge is 2.37. The summed E-state index contributed by atoms with van der Waals surface area (Å²) in [6.45, 7) is 2.13. The topological polar surface area (TPSA) is 9.23 Å². The fraction of sp³-hybridized carbons (Fsp3) is 0.316. The van der Waals surface area contributed by atoms with Crippen LogP contribution in [0.3, 0.4) is 0 Å². The molecule has 0 aliphatic heterocycles. The monoisotopic (exact) mass is 622 g/mol. The highest BCUT2D eigenvalue weighted by atomic mass is 19.3. The summed E-state index contributed by atoms with van der Waals surface area (Å²) in [6.07, 6.45) is 3.49. The van der Waals surface area contributed by atoms with Gasteiger partial charge in [0.15, 0.2) is 0 Å². The van der Waals surface area contributed by atoms with Gasteiger partial charge >= 0.3 is 6.11 Å². The molecule has 0 amide bonds. The standard InChI is InChI=1S/C38H36F6O/c1-2-3-4-5-25-6-15-31(16-7-25)38(43,44)45-32-17-12-27(13-18-32)26-8-10-28(11-9-26)29-14-19-33(35(40)22-29)30-23-36(41)34(20-21-39)37(42)24-30/h6-11,14-16,19-24,27,32H,2-5,12-13,17-18H2,1H3/b21-20+. The van der Waals surface area contributed by atoms with E-state index in [4.69, 9.17) is 4.74 Å². The maximum atomic E-state index is 15.1. The van der Waals surface area contributed by atoms with E-state index >= 15 is 4.39 Å². The van der Waals surface area contributed by atoms with Crippen LogP contribution in [-0.4, -0.2) is 6.10 Å². The molecular formula is C38H36F6O. The van der Waals surface area contributed by atoms with Crippen LogP contribution in [0.2, 0.25) is 0 Å². The smallest absolute Gasteiger partial charge is 0.313 e. The van der Waals surface area contributed by atoms with Crippen molar-refractivity contribution in [2.75, 3.05) is 0 Å². The van der Waals surface area contributed by atoms with E-state index in [9.17, 15) is 22.0 Å². The average molecular weight is 623 g/mol. The Morgan fingerprint density at radius 3 is 1.96 bits per heavy atom. The summed E-state index contributed by atoms with van der Waals surface area (Å²) in [4.78, 5) is 0. The second kappa shape index (κ2) is 14.5. The molecule has 0 radical (unpaired) electrons. The zero-order valence-corrected chi connectivity index (χ0v) is 25.1. The summed E-state index contributed by atoms with van der Waals surface area (Å²) in [5.41, 5.74) is 2.87. The number of unbranched alkanes of at least 4 members (excludes halogenated alkanes) is 2. The van der Waals surface area contributed by atoms with Crippen molar-refractivity contribution >= 4 is 6.08 Å². The summed E-state index contributed by atoms with van der Waals surface area (Å²) in [7, 11) is 0. The van der Waals surface area contributed by atoms with Crippen LogP contribution in [-0.2, 0) is 17.3 Å². The minimum Gasteiger partial charge on any atom is -0.313 e. The Morgan fingerprint density at radius 1 is 0.733 bits per heavy atom. The molecule has 45 heavy (non-hydrogen) atoms. The largest absolute Gasteiger partial charge is 0.383 e. The van der Waals surface area contributed by atoms with E-state index in [0.29, 0.717) is 37.3 Å². The summed E-state index contributed by atoms with van der Waals surface area (Å²) in [6, 6.07) is 20.5. The molecule has 1 aliphatic rings. The van der Waals surface area contributed by atoms with Gasteiger partial charge in [0.05, 0.1) is 18.0 Å². The van der Waals surface area contributed by atoms with E-state index in [1.165, 1.54) is 24.3 Å². The fourth-order valence-corrected chi connectivity index (χ4v) is 6.07.